The van der Waals surface area contributed by atoms with Gasteiger partial charge < -0.3 is 5.32 Å². The van der Waals surface area contributed by atoms with Crippen LogP contribution in [0.25, 0.3) is 0 Å². The van der Waals surface area contributed by atoms with Crippen LogP contribution in [0.5, 0.6) is 0 Å². The molecular formula is C20H16FN3OS. The zero-order chi connectivity index (χ0) is 18.4. The summed E-state index contributed by atoms with van der Waals surface area (Å²) in [6.07, 6.45) is 1.67. The highest BCUT2D eigenvalue weighted by molar-refractivity contribution is 7.80. The van der Waals surface area contributed by atoms with Gasteiger partial charge in [0.15, 0.2) is 5.11 Å². The lowest BCUT2D eigenvalue weighted by Crippen LogP contribution is -2.41. The fraction of sp³-hybridized carbons (Fsp3) is 0.0500. The molecule has 0 spiro atoms. The first kappa shape index (κ1) is 17.7. The average Bonchev–Trinajstić information content (AvgIpc) is 2.68. The van der Waals surface area contributed by atoms with Gasteiger partial charge in [0.1, 0.15) is 5.82 Å². The molecule has 0 fully saturated rings. The first-order chi connectivity index (χ1) is 12.6. The van der Waals surface area contributed by atoms with Gasteiger partial charge in [0.2, 0.25) is 0 Å². The highest BCUT2D eigenvalue weighted by atomic mass is 32.1. The lowest BCUT2D eigenvalue weighted by Gasteiger charge is -2.20. The van der Waals surface area contributed by atoms with E-state index in [9.17, 15) is 9.18 Å². The third-order valence-corrected chi connectivity index (χ3v) is 3.95. The number of carbonyl (C=O) groups excluding carboxylic acids is 1. The standard InChI is InChI=1S/C20H16FN3OS/c21-16-11-9-14(10-12-16)18(17-8-4-5-13-22-17)23-20(26)24-19(25)15-6-2-1-3-7-15/h1-13,18H,(H2,23,24,25,26). The number of aromatic nitrogens is 1. The van der Waals surface area contributed by atoms with Crippen molar-refractivity contribution in [3.8, 4) is 0 Å². The van der Waals surface area contributed by atoms with Crippen LogP contribution in [-0.4, -0.2) is 16.0 Å². The zero-order valence-corrected chi connectivity index (χ0v) is 14.5. The van der Waals surface area contributed by atoms with Crippen molar-refractivity contribution in [1.82, 2.24) is 15.6 Å². The molecule has 0 aliphatic rings. The second-order valence-electron chi connectivity index (χ2n) is 5.53. The van der Waals surface area contributed by atoms with Crippen molar-refractivity contribution < 1.29 is 9.18 Å². The number of halogens is 1. The van der Waals surface area contributed by atoms with E-state index in [1.807, 2.05) is 18.2 Å². The molecule has 1 aromatic heterocycles. The van der Waals surface area contributed by atoms with E-state index in [4.69, 9.17) is 12.2 Å². The fourth-order valence-electron chi connectivity index (χ4n) is 2.46. The van der Waals surface area contributed by atoms with Crippen molar-refractivity contribution in [3.63, 3.8) is 0 Å². The molecule has 3 rings (SSSR count). The molecule has 1 amide bonds. The molecule has 2 aromatic carbocycles. The van der Waals surface area contributed by atoms with Gasteiger partial charge in [-0.05, 0) is 54.2 Å². The van der Waals surface area contributed by atoms with Crippen LogP contribution < -0.4 is 10.6 Å². The Morgan fingerprint density at radius 2 is 1.65 bits per heavy atom. The smallest absolute Gasteiger partial charge is 0.257 e. The fourth-order valence-corrected chi connectivity index (χ4v) is 2.67. The maximum atomic E-state index is 13.3. The molecule has 2 N–H and O–H groups in total. The van der Waals surface area contributed by atoms with Crippen LogP contribution in [0.1, 0.15) is 27.7 Å². The van der Waals surface area contributed by atoms with Gasteiger partial charge >= 0.3 is 0 Å². The van der Waals surface area contributed by atoms with Crippen LogP contribution in [0, 0.1) is 5.82 Å². The van der Waals surface area contributed by atoms with E-state index < -0.39 is 6.04 Å². The number of hydrogen-bond acceptors (Lipinski definition) is 3. The molecule has 1 unspecified atom stereocenters. The maximum absolute atomic E-state index is 13.3. The van der Waals surface area contributed by atoms with Gasteiger partial charge in [0, 0.05) is 11.8 Å². The van der Waals surface area contributed by atoms with Crippen LogP contribution in [-0.2, 0) is 0 Å². The van der Waals surface area contributed by atoms with Crippen LogP contribution in [0.4, 0.5) is 4.39 Å². The number of amides is 1. The van der Waals surface area contributed by atoms with Crippen molar-refractivity contribution in [1.29, 1.82) is 0 Å². The van der Waals surface area contributed by atoms with Gasteiger partial charge in [-0.1, -0.05) is 36.4 Å². The lowest BCUT2D eigenvalue weighted by atomic mass is 10.0. The maximum Gasteiger partial charge on any atom is 0.257 e. The summed E-state index contributed by atoms with van der Waals surface area (Å²) in [5, 5.41) is 5.91. The van der Waals surface area contributed by atoms with Gasteiger partial charge in [-0.25, -0.2) is 4.39 Å². The summed E-state index contributed by atoms with van der Waals surface area (Å²) in [5.74, 6) is -0.629. The van der Waals surface area contributed by atoms with Crippen molar-refractivity contribution in [2.24, 2.45) is 0 Å². The number of nitrogens with one attached hydrogen (secondary N) is 2. The molecule has 4 nitrogen and oxygen atoms in total. The second-order valence-corrected chi connectivity index (χ2v) is 5.94. The third kappa shape index (κ3) is 4.49. The quantitative estimate of drug-likeness (QED) is 0.694. The van der Waals surface area contributed by atoms with E-state index in [-0.39, 0.29) is 16.8 Å². The third-order valence-electron chi connectivity index (χ3n) is 3.73. The monoisotopic (exact) mass is 365 g/mol. The van der Waals surface area contributed by atoms with Crippen molar-refractivity contribution in [2.45, 2.75) is 6.04 Å². The van der Waals surface area contributed by atoms with Crippen LogP contribution in [0.2, 0.25) is 0 Å². The van der Waals surface area contributed by atoms with E-state index in [1.54, 1.807) is 48.7 Å². The Balaban J connectivity index is 1.78. The Morgan fingerprint density at radius 1 is 0.962 bits per heavy atom. The molecule has 1 heterocycles. The van der Waals surface area contributed by atoms with E-state index in [2.05, 4.69) is 15.6 Å². The lowest BCUT2D eigenvalue weighted by molar-refractivity contribution is 0.0976. The molecule has 0 radical (unpaired) electrons. The number of benzene rings is 2. The number of hydrogen-bond donors (Lipinski definition) is 2. The minimum atomic E-state index is -0.416. The number of carbonyl (C=O) groups is 1. The Kier molecular flexibility index (Phi) is 5.66. The molecule has 3 aromatic rings. The Labute approximate surface area is 156 Å². The minimum absolute atomic E-state index is 0.166. The summed E-state index contributed by atoms with van der Waals surface area (Å²) in [5.41, 5.74) is 1.99. The SMILES string of the molecule is O=C(NC(=S)NC(c1ccc(F)cc1)c1ccccn1)c1ccccc1. The van der Waals surface area contributed by atoms with E-state index in [0.717, 1.165) is 5.56 Å². The number of rotatable bonds is 4. The van der Waals surface area contributed by atoms with Gasteiger partial charge in [0.25, 0.3) is 5.91 Å². The number of nitrogens with zero attached hydrogens (tertiary/aromatic N) is 1. The molecule has 1 atom stereocenters. The normalized spacial score (nSPS) is 11.4. The van der Waals surface area contributed by atoms with Crippen LogP contribution in [0.3, 0.4) is 0 Å². The van der Waals surface area contributed by atoms with Gasteiger partial charge in [-0.3, -0.25) is 15.1 Å². The van der Waals surface area contributed by atoms with Gasteiger partial charge in [-0.2, -0.15) is 0 Å². The van der Waals surface area contributed by atoms with Crippen molar-refractivity contribution in [3.05, 3.63) is 102 Å². The predicted molar refractivity (Wildman–Crippen MR) is 102 cm³/mol. The van der Waals surface area contributed by atoms with Crippen molar-refractivity contribution in [2.75, 3.05) is 0 Å². The largest absolute Gasteiger partial charge is 0.350 e. The van der Waals surface area contributed by atoms with E-state index >= 15 is 0 Å². The van der Waals surface area contributed by atoms with E-state index in [0.29, 0.717) is 11.3 Å². The number of thiocarbonyl (C=S) groups is 1. The predicted octanol–water partition coefficient (Wildman–Crippen LogP) is 3.61. The molecule has 0 bridgehead atoms. The topological polar surface area (TPSA) is 54.0 Å². The molecule has 0 aliphatic carbocycles. The van der Waals surface area contributed by atoms with Gasteiger partial charge in [0.05, 0.1) is 11.7 Å². The molecular weight excluding hydrogens is 349 g/mol. The summed E-state index contributed by atoms with van der Waals surface area (Å²) in [6.45, 7) is 0. The highest BCUT2D eigenvalue weighted by Gasteiger charge is 2.18. The summed E-state index contributed by atoms with van der Waals surface area (Å²) >= 11 is 5.29. The first-order valence-electron chi connectivity index (χ1n) is 7.97. The van der Waals surface area contributed by atoms with Crippen LogP contribution in [0.15, 0.2) is 79.0 Å². The second kappa shape index (κ2) is 8.31. The molecule has 0 aliphatic heterocycles. The summed E-state index contributed by atoms with van der Waals surface area (Å²) < 4.78 is 13.3. The first-order valence-corrected chi connectivity index (χ1v) is 8.37. The number of pyridine rings is 1. The van der Waals surface area contributed by atoms with Gasteiger partial charge in [-0.15, -0.1) is 0 Å². The summed E-state index contributed by atoms with van der Waals surface area (Å²) in [6, 6.07) is 19.9. The molecule has 0 saturated carbocycles. The van der Waals surface area contributed by atoms with E-state index in [1.165, 1.54) is 12.1 Å². The Morgan fingerprint density at radius 3 is 2.31 bits per heavy atom. The van der Waals surface area contributed by atoms with Crippen LogP contribution >= 0.6 is 12.2 Å². The molecule has 130 valence electrons. The summed E-state index contributed by atoms with van der Waals surface area (Å²) in [7, 11) is 0. The molecule has 26 heavy (non-hydrogen) atoms. The zero-order valence-electron chi connectivity index (χ0n) is 13.7. The van der Waals surface area contributed by atoms with Crippen molar-refractivity contribution >= 4 is 23.2 Å². The Bertz CT molecular complexity index is 886. The Hall–Kier alpha value is -3.12. The summed E-state index contributed by atoms with van der Waals surface area (Å²) in [4.78, 5) is 16.6. The highest BCUT2D eigenvalue weighted by Crippen LogP contribution is 2.20. The molecule has 0 saturated heterocycles. The average molecular weight is 365 g/mol. The molecule has 6 heteroatoms. The minimum Gasteiger partial charge on any atom is -0.350 e.